The Hall–Kier alpha value is -1.43. The summed E-state index contributed by atoms with van der Waals surface area (Å²) >= 11 is 0. The molecule has 1 aromatic heterocycles. The van der Waals surface area contributed by atoms with Crippen molar-refractivity contribution in [2.45, 2.75) is 70.5 Å². The number of aromatic nitrogens is 3. The molecule has 0 N–H and O–H groups in total. The quantitative estimate of drug-likeness (QED) is 0.834. The molecule has 1 saturated carbocycles. The molecule has 1 amide bonds. The van der Waals surface area contributed by atoms with E-state index in [0.29, 0.717) is 6.04 Å². The Labute approximate surface area is 137 Å². The van der Waals surface area contributed by atoms with Crippen LogP contribution in [0.2, 0.25) is 0 Å². The maximum atomic E-state index is 11.7. The van der Waals surface area contributed by atoms with E-state index >= 15 is 0 Å². The van der Waals surface area contributed by atoms with Crippen molar-refractivity contribution in [1.82, 2.24) is 24.6 Å². The van der Waals surface area contributed by atoms with Gasteiger partial charge in [-0.15, -0.1) is 10.2 Å². The first-order valence-electron chi connectivity index (χ1n) is 9.17. The van der Waals surface area contributed by atoms with E-state index in [0.717, 1.165) is 43.7 Å². The number of carbonyl (C=O) groups is 1. The van der Waals surface area contributed by atoms with Crippen LogP contribution in [0.25, 0.3) is 0 Å². The minimum atomic E-state index is 0.165. The van der Waals surface area contributed by atoms with Crippen LogP contribution in [0.15, 0.2) is 0 Å². The Bertz CT molecular complexity index is 578. The fraction of sp³-hybridized carbons (Fsp3) is 0.824. The van der Waals surface area contributed by atoms with Crippen LogP contribution in [-0.2, 0) is 17.8 Å². The summed E-state index contributed by atoms with van der Waals surface area (Å²) in [7, 11) is 0. The van der Waals surface area contributed by atoms with Crippen molar-refractivity contribution in [1.29, 1.82) is 0 Å². The van der Waals surface area contributed by atoms with Gasteiger partial charge in [0.25, 0.3) is 0 Å². The molecular weight excluding hydrogens is 290 g/mol. The lowest BCUT2D eigenvalue weighted by Crippen LogP contribution is -2.34. The van der Waals surface area contributed by atoms with Crippen molar-refractivity contribution in [2.75, 3.05) is 19.6 Å². The van der Waals surface area contributed by atoms with Crippen LogP contribution < -0.4 is 0 Å². The van der Waals surface area contributed by atoms with Crippen molar-refractivity contribution in [2.24, 2.45) is 0 Å². The van der Waals surface area contributed by atoms with Crippen LogP contribution in [0.5, 0.6) is 0 Å². The Morgan fingerprint density at radius 3 is 2.61 bits per heavy atom. The molecule has 1 saturated heterocycles. The zero-order valence-electron chi connectivity index (χ0n) is 14.1. The lowest BCUT2D eigenvalue weighted by atomic mass is 10.1. The Balaban J connectivity index is 1.56. The predicted molar refractivity (Wildman–Crippen MR) is 86.9 cm³/mol. The highest BCUT2D eigenvalue weighted by Crippen LogP contribution is 2.37. The summed E-state index contributed by atoms with van der Waals surface area (Å²) in [4.78, 5) is 16.3. The highest BCUT2D eigenvalue weighted by molar-refractivity contribution is 5.73. The van der Waals surface area contributed by atoms with Crippen molar-refractivity contribution in [3.63, 3.8) is 0 Å². The van der Waals surface area contributed by atoms with Gasteiger partial charge in [-0.1, -0.05) is 12.8 Å². The lowest BCUT2D eigenvalue weighted by Gasteiger charge is -2.30. The van der Waals surface area contributed by atoms with Crippen LogP contribution in [-0.4, -0.2) is 56.1 Å². The number of carbonyl (C=O) groups excluding carboxylic acids is 1. The van der Waals surface area contributed by atoms with Crippen LogP contribution in [0.3, 0.4) is 0 Å². The first-order valence-corrected chi connectivity index (χ1v) is 9.17. The van der Waals surface area contributed by atoms with Crippen molar-refractivity contribution in [3.05, 3.63) is 11.6 Å². The summed E-state index contributed by atoms with van der Waals surface area (Å²) in [5.41, 5.74) is 0. The normalized spacial score (nSPS) is 26.5. The molecule has 1 aliphatic carbocycles. The van der Waals surface area contributed by atoms with Crippen molar-refractivity contribution < 1.29 is 4.79 Å². The standard InChI is InChI=1S/C17H27N5O/c1-13(23)20-10-8-16-18-19-17(22(16)12-11-20)15-7-4-9-21(15)14-5-2-3-6-14/h14-15H,2-12H2,1H3/t15-/m1/s1. The second-order valence-corrected chi connectivity index (χ2v) is 7.22. The number of hydrogen-bond acceptors (Lipinski definition) is 4. The minimum absolute atomic E-state index is 0.165. The summed E-state index contributed by atoms with van der Waals surface area (Å²) in [5.74, 6) is 2.37. The van der Waals surface area contributed by atoms with E-state index in [1.165, 1.54) is 45.1 Å². The number of rotatable bonds is 2. The van der Waals surface area contributed by atoms with Gasteiger partial charge in [-0.2, -0.15) is 0 Å². The van der Waals surface area contributed by atoms with E-state index in [1.807, 2.05) is 4.90 Å². The fourth-order valence-electron chi connectivity index (χ4n) is 4.65. The molecular formula is C17H27N5O. The summed E-state index contributed by atoms with van der Waals surface area (Å²) in [5, 5.41) is 9.05. The lowest BCUT2D eigenvalue weighted by molar-refractivity contribution is -0.128. The average Bonchev–Trinajstić information content (AvgIpc) is 3.24. The second-order valence-electron chi connectivity index (χ2n) is 7.22. The molecule has 0 bridgehead atoms. The largest absolute Gasteiger partial charge is 0.341 e. The molecule has 0 radical (unpaired) electrons. The van der Waals surface area contributed by atoms with Crippen LogP contribution in [0.4, 0.5) is 0 Å². The van der Waals surface area contributed by atoms with Crippen LogP contribution >= 0.6 is 0 Å². The SMILES string of the molecule is CC(=O)N1CCc2nnc([C@H]3CCCN3C3CCCC3)n2CC1. The van der Waals surface area contributed by atoms with Crippen molar-refractivity contribution >= 4 is 5.91 Å². The van der Waals surface area contributed by atoms with Crippen molar-refractivity contribution in [3.8, 4) is 0 Å². The van der Waals surface area contributed by atoms with Gasteiger partial charge < -0.3 is 9.47 Å². The summed E-state index contributed by atoms with van der Waals surface area (Å²) < 4.78 is 2.31. The molecule has 4 rings (SSSR count). The average molecular weight is 317 g/mol. The maximum absolute atomic E-state index is 11.7. The van der Waals surface area contributed by atoms with E-state index < -0.39 is 0 Å². The van der Waals surface area contributed by atoms with Gasteiger partial charge in [0.1, 0.15) is 11.6 Å². The smallest absolute Gasteiger partial charge is 0.219 e. The number of amides is 1. The van der Waals surface area contributed by atoms with E-state index in [9.17, 15) is 4.79 Å². The van der Waals surface area contributed by atoms with Crippen LogP contribution in [0, 0.1) is 0 Å². The molecule has 2 fully saturated rings. The van der Waals surface area contributed by atoms with Gasteiger partial charge in [0, 0.05) is 39.0 Å². The van der Waals surface area contributed by atoms with Gasteiger partial charge in [-0.25, -0.2) is 0 Å². The monoisotopic (exact) mass is 317 g/mol. The molecule has 1 aromatic rings. The minimum Gasteiger partial charge on any atom is -0.341 e. The third-order valence-electron chi connectivity index (χ3n) is 5.89. The van der Waals surface area contributed by atoms with Gasteiger partial charge in [-0.05, 0) is 32.2 Å². The highest BCUT2D eigenvalue weighted by atomic mass is 16.2. The third-order valence-corrected chi connectivity index (χ3v) is 5.89. The van der Waals surface area contributed by atoms with E-state index in [-0.39, 0.29) is 5.91 Å². The Kier molecular flexibility index (Phi) is 4.09. The molecule has 126 valence electrons. The Morgan fingerprint density at radius 2 is 1.83 bits per heavy atom. The second kappa shape index (κ2) is 6.23. The Morgan fingerprint density at radius 1 is 1.00 bits per heavy atom. The molecule has 0 unspecified atom stereocenters. The van der Waals surface area contributed by atoms with Gasteiger partial charge in [-0.3, -0.25) is 9.69 Å². The predicted octanol–water partition coefficient (Wildman–Crippen LogP) is 1.76. The fourth-order valence-corrected chi connectivity index (χ4v) is 4.65. The summed E-state index contributed by atoms with van der Waals surface area (Å²) in [6, 6.07) is 1.18. The highest BCUT2D eigenvalue weighted by Gasteiger charge is 2.36. The zero-order valence-corrected chi connectivity index (χ0v) is 14.1. The molecule has 6 nitrogen and oxygen atoms in total. The van der Waals surface area contributed by atoms with E-state index in [2.05, 4.69) is 19.7 Å². The first-order chi connectivity index (χ1) is 11.2. The van der Waals surface area contributed by atoms with E-state index in [1.54, 1.807) is 6.92 Å². The van der Waals surface area contributed by atoms with E-state index in [4.69, 9.17) is 0 Å². The molecule has 2 aliphatic heterocycles. The summed E-state index contributed by atoms with van der Waals surface area (Å²) in [6.45, 7) is 5.25. The zero-order chi connectivity index (χ0) is 15.8. The first kappa shape index (κ1) is 15.1. The molecule has 0 aromatic carbocycles. The maximum Gasteiger partial charge on any atom is 0.219 e. The number of likely N-dealkylation sites (tertiary alicyclic amines) is 1. The molecule has 0 spiro atoms. The molecule has 23 heavy (non-hydrogen) atoms. The number of nitrogens with zero attached hydrogens (tertiary/aromatic N) is 5. The number of hydrogen-bond donors (Lipinski definition) is 0. The van der Waals surface area contributed by atoms with Gasteiger partial charge in [0.2, 0.25) is 5.91 Å². The molecule has 1 atom stereocenters. The van der Waals surface area contributed by atoms with Gasteiger partial charge in [0.15, 0.2) is 0 Å². The molecule has 3 heterocycles. The summed E-state index contributed by atoms with van der Waals surface area (Å²) in [6.07, 6.45) is 8.72. The van der Waals surface area contributed by atoms with Gasteiger partial charge >= 0.3 is 0 Å². The number of fused-ring (bicyclic) bond motifs is 1. The molecule has 6 heteroatoms. The van der Waals surface area contributed by atoms with Crippen LogP contribution in [0.1, 0.15) is 63.1 Å². The third kappa shape index (κ3) is 2.77. The topological polar surface area (TPSA) is 54.3 Å². The van der Waals surface area contributed by atoms with Gasteiger partial charge in [0.05, 0.1) is 6.04 Å². The molecule has 3 aliphatic rings.